The number of nitrogens with zero attached hydrogens (tertiary/aromatic N) is 1. The highest BCUT2D eigenvalue weighted by atomic mass is 16.2. The van der Waals surface area contributed by atoms with Crippen molar-refractivity contribution in [3.63, 3.8) is 0 Å². The first-order valence-electron chi connectivity index (χ1n) is 5.21. The van der Waals surface area contributed by atoms with Crippen LogP contribution in [0.5, 0.6) is 0 Å². The SMILES string of the molecule is CCN1C(=O)C(C)(C)c2cccc(N)c21. The predicted molar refractivity (Wildman–Crippen MR) is 61.9 cm³/mol. The van der Waals surface area contributed by atoms with Gasteiger partial charge in [-0.05, 0) is 32.4 Å². The quantitative estimate of drug-likeness (QED) is 0.710. The summed E-state index contributed by atoms with van der Waals surface area (Å²) in [6, 6.07) is 5.73. The van der Waals surface area contributed by atoms with Gasteiger partial charge in [0.2, 0.25) is 5.91 Å². The molecule has 0 aromatic heterocycles. The van der Waals surface area contributed by atoms with E-state index in [4.69, 9.17) is 5.73 Å². The highest BCUT2D eigenvalue weighted by Gasteiger charge is 2.43. The Labute approximate surface area is 89.9 Å². The van der Waals surface area contributed by atoms with Crippen molar-refractivity contribution in [2.75, 3.05) is 17.2 Å². The molecule has 80 valence electrons. The first-order chi connectivity index (χ1) is 7.00. The molecule has 0 bridgehead atoms. The molecule has 0 aliphatic carbocycles. The molecule has 0 unspecified atom stereocenters. The number of amides is 1. The van der Waals surface area contributed by atoms with Crippen LogP contribution in [0.4, 0.5) is 11.4 Å². The molecule has 3 nitrogen and oxygen atoms in total. The highest BCUT2D eigenvalue weighted by molar-refractivity contribution is 6.10. The smallest absolute Gasteiger partial charge is 0.237 e. The summed E-state index contributed by atoms with van der Waals surface area (Å²) in [5.41, 5.74) is 8.11. The molecule has 1 aromatic rings. The normalized spacial score (nSPS) is 18.1. The number of hydrogen-bond donors (Lipinski definition) is 1. The third-order valence-electron chi connectivity index (χ3n) is 3.11. The molecule has 3 heteroatoms. The molecular weight excluding hydrogens is 188 g/mol. The summed E-state index contributed by atoms with van der Waals surface area (Å²) in [7, 11) is 0. The van der Waals surface area contributed by atoms with E-state index in [1.165, 1.54) is 0 Å². The van der Waals surface area contributed by atoms with E-state index in [2.05, 4.69) is 0 Å². The van der Waals surface area contributed by atoms with Crippen LogP contribution in [0.3, 0.4) is 0 Å². The van der Waals surface area contributed by atoms with Crippen LogP contribution in [0, 0.1) is 0 Å². The summed E-state index contributed by atoms with van der Waals surface area (Å²) in [5.74, 6) is 0.137. The van der Waals surface area contributed by atoms with Crippen LogP contribution >= 0.6 is 0 Å². The standard InChI is InChI=1S/C12H16N2O/c1-4-14-10-8(6-5-7-9(10)13)12(2,3)11(14)15/h5-7H,4,13H2,1-3H3. The number of nitrogens with two attached hydrogens (primary N) is 1. The van der Waals surface area contributed by atoms with Crippen molar-refractivity contribution in [1.29, 1.82) is 0 Å². The summed E-state index contributed by atoms with van der Waals surface area (Å²) >= 11 is 0. The molecule has 1 aliphatic heterocycles. The zero-order chi connectivity index (χ0) is 11.2. The van der Waals surface area contributed by atoms with E-state index in [1.54, 1.807) is 4.90 Å². The van der Waals surface area contributed by atoms with E-state index in [0.29, 0.717) is 12.2 Å². The second-order valence-corrected chi connectivity index (χ2v) is 4.42. The Balaban J connectivity index is 2.70. The lowest BCUT2D eigenvalue weighted by atomic mass is 9.86. The fourth-order valence-electron chi connectivity index (χ4n) is 2.22. The third kappa shape index (κ3) is 1.16. The van der Waals surface area contributed by atoms with E-state index < -0.39 is 5.41 Å². The lowest BCUT2D eigenvalue weighted by Crippen LogP contribution is -2.36. The molecule has 0 radical (unpaired) electrons. The van der Waals surface area contributed by atoms with Crippen LogP contribution in [-0.2, 0) is 10.2 Å². The van der Waals surface area contributed by atoms with Gasteiger partial charge in [0.15, 0.2) is 0 Å². The van der Waals surface area contributed by atoms with Gasteiger partial charge in [0.1, 0.15) is 0 Å². The number of hydrogen-bond acceptors (Lipinski definition) is 2. The molecule has 0 saturated carbocycles. The van der Waals surface area contributed by atoms with Gasteiger partial charge in [-0.15, -0.1) is 0 Å². The molecule has 2 N–H and O–H groups in total. The molecule has 2 rings (SSSR count). The van der Waals surface area contributed by atoms with Gasteiger partial charge in [0, 0.05) is 6.54 Å². The highest BCUT2D eigenvalue weighted by Crippen LogP contribution is 2.44. The van der Waals surface area contributed by atoms with Gasteiger partial charge >= 0.3 is 0 Å². The number of carbonyl (C=O) groups excluding carboxylic acids is 1. The van der Waals surface area contributed by atoms with Gasteiger partial charge in [-0.2, -0.15) is 0 Å². The topological polar surface area (TPSA) is 46.3 Å². The van der Waals surface area contributed by atoms with Gasteiger partial charge < -0.3 is 10.6 Å². The van der Waals surface area contributed by atoms with Gasteiger partial charge in [0.05, 0.1) is 16.8 Å². The molecule has 1 aromatic carbocycles. The average Bonchev–Trinajstić information content (AvgIpc) is 2.39. The Hall–Kier alpha value is -1.51. The first-order valence-corrected chi connectivity index (χ1v) is 5.21. The molecule has 0 spiro atoms. The van der Waals surface area contributed by atoms with Crippen molar-refractivity contribution in [1.82, 2.24) is 0 Å². The molecule has 1 heterocycles. The van der Waals surface area contributed by atoms with Crippen molar-refractivity contribution in [2.24, 2.45) is 0 Å². The average molecular weight is 204 g/mol. The van der Waals surface area contributed by atoms with Gasteiger partial charge in [-0.1, -0.05) is 12.1 Å². The number of fused-ring (bicyclic) bond motifs is 1. The van der Waals surface area contributed by atoms with Gasteiger partial charge in [0.25, 0.3) is 0 Å². The van der Waals surface area contributed by atoms with E-state index in [1.807, 2.05) is 39.0 Å². The van der Waals surface area contributed by atoms with E-state index >= 15 is 0 Å². The van der Waals surface area contributed by atoms with Crippen molar-refractivity contribution in [3.05, 3.63) is 23.8 Å². The zero-order valence-electron chi connectivity index (χ0n) is 9.37. The minimum absolute atomic E-state index is 0.137. The number of rotatable bonds is 1. The largest absolute Gasteiger partial charge is 0.397 e. The Morgan fingerprint density at radius 3 is 2.67 bits per heavy atom. The minimum Gasteiger partial charge on any atom is -0.397 e. The number of anilines is 2. The second kappa shape index (κ2) is 2.99. The molecule has 1 aliphatic rings. The monoisotopic (exact) mass is 204 g/mol. The molecule has 15 heavy (non-hydrogen) atoms. The number of carbonyl (C=O) groups is 1. The zero-order valence-corrected chi connectivity index (χ0v) is 9.37. The molecular formula is C12H16N2O. The van der Waals surface area contributed by atoms with E-state index in [0.717, 1.165) is 11.3 Å². The Kier molecular flexibility index (Phi) is 2.00. The van der Waals surface area contributed by atoms with Gasteiger partial charge in [-0.25, -0.2) is 0 Å². The third-order valence-corrected chi connectivity index (χ3v) is 3.11. The first kappa shape index (κ1) is 10.0. The summed E-state index contributed by atoms with van der Waals surface area (Å²) < 4.78 is 0. The second-order valence-electron chi connectivity index (χ2n) is 4.42. The Morgan fingerprint density at radius 2 is 2.07 bits per heavy atom. The lowest BCUT2D eigenvalue weighted by Gasteiger charge is -2.18. The maximum atomic E-state index is 12.1. The molecule has 0 saturated heterocycles. The van der Waals surface area contributed by atoms with Crippen LogP contribution in [0.15, 0.2) is 18.2 Å². The van der Waals surface area contributed by atoms with E-state index in [9.17, 15) is 4.79 Å². The van der Waals surface area contributed by atoms with E-state index in [-0.39, 0.29) is 5.91 Å². The number of para-hydroxylation sites is 1. The molecule has 1 amide bonds. The summed E-state index contributed by atoms with van der Waals surface area (Å²) in [5, 5.41) is 0. The van der Waals surface area contributed by atoms with Crippen molar-refractivity contribution in [3.8, 4) is 0 Å². The lowest BCUT2D eigenvalue weighted by molar-refractivity contribution is -0.122. The maximum absolute atomic E-state index is 12.1. The van der Waals surface area contributed by atoms with Crippen molar-refractivity contribution >= 4 is 17.3 Å². The molecule has 0 fully saturated rings. The predicted octanol–water partition coefficient (Wildman–Crippen LogP) is 1.91. The van der Waals surface area contributed by atoms with Crippen LogP contribution in [-0.4, -0.2) is 12.5 Å². The fraction of sp³-hybridized carbons (Fsp3) is 0.417. The fourth-order valence-corrected chi connectivity index (χ4v) is 2.22. The van der Waals surface area contributed by atoms with Gasteiger partial charge in [-0.3, -0.25) is 4.79 Å². The van der Waals surface area contributed by atoms with Crippen LogP contribution in [0.1, 0.15) is 26.3 Å². The summed E-state index contributed by atoms with van der Waals surface area (Å²) in [6.07, 6.45) is 0. The van der Waals surface area contributed by atoms with Crippen LogP contribution < -0.4 is 10.6 Å². The number of nitrogen functional groups attached to an aromatic ring is 1. The van der Waals surface area contributed by atoms with Crippen molar-refractivity contribution in [2.45, 2.75) is 26.2 Å². The van der Waals surface area contributed by atoms with Crippen LogP contribution in [0.2, 0.25) is 0 Å². The van der Waals surface area contributed by atoms with Crippen molar-refractivity contribution < 1.29 is 4.79 Å². The Bertz CT molecular complexity index is 424. The number of likely N-dealkylation sites (N-methyl/N-ethyl adjacent to an activating group) is 1. The maximum Gasteiger partial charge on any atom is 0.237 e. The Morgan fingerprint density at radius 1 is 1.40 bits per heavy atom. The number of benzene rings is 1. The minimum atomic E-state index is -0.444. The summed E-state index contributed by atoms with van der Waals surface area (Å²) in [6.45, 7) is 6.53. The van der Waals surface area contributed by atoms with Crippen LogP contribution in [0.25, 0.3) is 0 Å². The molecule has 0 atom stereocenters. The summed E-state index contributed by atoms with van der Waals surface area (Å²) in [4.78, 5) is 13.9.